The summed E-state index contributed by atoms with van der Waals surface area (Å²) in [7, 11) is 0. The van der Waals surface area contributed by atoms with Crippen LogP contribution in [0.25, 0.3) is 11.2 Å². The van der Waals surface area contributed by atoms with E-state index in [-0.39, 0.29) is 72.2 Å². The summed E-state index contributed by atoms with van der Waals surface area (Å²) in [6.07, 6.45) is 9.04. The fourth-order valence-electron chi connectivity index (χ4n) is 8.26. The van der Waals surface area contributed by atoms with Crippen LogP contribution in [0.15, 0.2) is 49.1 Å². The molecule has 0 radical (unpaired) electrons. The maximum Gasteiger partial charge on any atom is 0.270 e. The lowest BCUT2D eigenvalue weighted by atomic mass is 9.86. The fourth-order valence-corrected chi connectivity index (χ4v) is 8.26. The molecule has 1 saturated carbocycles. The summed E-state index contributed by atoms with van der Waals surface area (Å²) in [6, 6.07) is 8.95. The largest absolute Gasteiger partial charge is 0.484 e. The first kappa shape index (κ1) is 41.0. The lowest BCUT2D eigenvalue weighted by molar-refractivity contribution is -0.136. The minimum Gasteiger partial charge on any atom is -0.484 e. The molecule has 8 rings (SSSR count). The van der Waals surface area contributed by atoms with Crippen LogP contribution in [-0.2, 0) is 19.2 Å². The molecule has 318 valence electrons. The second-order valence-electron chi connectivity index (χ2n) is 15.9. The maximum atomic E-state index is 13.0. The van der Waals surface area contributed by atoms with Crippen LogP contribution in [0, 0.1) is 6.92 Å². The molecular weight excluding hydrogens is 787 g/mol. The molecule has 1 aliphatic carbocycles. The average Bonchev–Trinajstić information content (AvgIpc) is 3.77. The number of anilines is 1. The molecule has 4 aromatic rings. The van der Waals surface area contributed by atoms with Gasteiger partial charge in [0.1, 0.15) is 29.3 Å². The summed E-state index contributed by atoms with van der Waals surface area (Å²) in [4.78, 5) is 109. The zero-order valence-corrected chi connectivity index (χ0v) is 33.7. The van der Waals surface area contributed by atoms with Crippen molar-refractivity contribution in [2.24, 2.45) is 0 Å². The number of nitrogens with one attached hydrogen (secondary N) is 4. The molecule has 61 heavy (non-hydrogen) atoms. The molecule has 0 bridgehead atoms. The molecule has 2 saturated heterocycles. The molecule has 3 aliphatic heterocycles. The number of pyridine rings is 1. The zero-order chi connectivity index (χ0) is 42.6. The van der Waals surface area contributed by atoms with Crippen molar-refractivity contribution in [3.63, 3.8) is 0 Å². The number of imidazole rings is 1. The Morgan fingerprint density at radius 3 is 2.49 bits per heavy atom. The summed E-state index contributed by atoms with van der Waals surface area (Å²) in [5.74, 6) is -1.95. The smallest absolute Gasteiger partial charge is 0.270 e. The fraction of sp³-hybridized carbons (Fsp3) is 0.452. The van der Waals surface area contributed by atoms with Crippen LogP contribution in [0.1, 0.15) is 107 Å². The maximum absolute atomic E-state index is 13.0. The minimum absolute atomic E-state index is 0.0255. The SMILES string of the molecule is Cc1cccc(C(=O)NC2CC(n3cnc4c(NC5CCN(C(=O)CCCCCNC(=O)COc6ccc7c(c6)C(=O)N(C6CCC(=O)NC6=O)C7=O)CC5)ncnc43)C2)n1. The third kappa shape index (κ3) is 9.04. The van der Waals surface area contributed by atoms with Crippen LogP contribution < -0.4 is 26.0 Å². The first-order valence-corrected chi connectivity index (χ1v) is 20.7. The molecule has 1 unspecified atom stereocenters. The number of likely N-dealkylation sites (tertiary alicyclic amines) is 1. The van der Waals surface area contributed by atoms with Gasteiger partial charge in [-0.3, -0.25) is 43.8 Å². The lowest BCUT2D eigenvalue weighted by Crippen LogP contribution is -2.54. The number of unbranched alkanes of at least 4 members (excludes halogenated alkanes) is 2. The van der Waals surface area contributed by atoms with E-state index in [2.05, 4.69) is 45.8 Å². The van der Waals surface area contributed by atoms with Gasteiger partial charge in [-0.2, -0.15) is 0 Å². The normalized spacial score (nSPS) is 20.2. The molecule has 7 amide bonds. The Bertz CT molecular complexity index is 2390. The lowest BCUT2D eigenvalue weighted by Gasteiger charge is -2.36. The van der Waals surface area contributed by atoms with Gasteiger partial charge in [0.2, 0.25) is 17.7 Å². The van der Waals surface area contributed by atoms with Gasteiger partial charge in [-0.25, -0.2) is 19.9 Å². The van der Waals surface area contributed by atoms with Gasteiger partial charge in [0.15, 0.2) is 18.1 Å². The molecule has 3 aromatic heterocycles. The molecule has 4 aliphatic rings. The predicted octanol–water partition coefficient (Wildman–Crippen LogP) is 2.22. The van der Waals surface area contributed by atoms with Gasteiger partial charge in [-0.05, 0) is 82.2 Å². The standard InChI is InChI=1S/C42H47N11O8/c1-24-6-5-7-31(47-24)39(57)49-26-18-27(19-26)52-23-46-36-37(44-22-45-38(36)52)48-25-13-16-51(17-14-25)35(56)8-3-2-4-15-43-34(55)21-61-28-9-10-29-30(20-28)42(60)53(41(29)59)32-11-12-33(54)50-40(32)58/h5-7,9-10,20,22-23,25-27,32H,2-4,8,11-19,21H2,1H3,(H,43,55)(H,49,57)(H,44,45,48)(H,50,54,58). The van der Waals surface area contributed by atoms with Crippen molar-refractivity contribution in [2.75, 3.05) is 31.6 Å². The van der Waals surface area contributed by atoms with Crippen molar-refractivity contribution < 1.29 is 38.3 Å². The van der Waals surface area contributed by atoms with Crippen molar-refractivity contribution in [3.8, 4) is 5.75 Å². The highest BCUT2D eigenvalue weighted by Gasteiger charge is 2.45. The second kappa shape index (κ2) is 17.8. The minimum atomic E-state index is -1.07. The summed E-state index contributed by atoms with van der Waals surface area (Å²) in [6.45, 7) is 3.23. The quantitative estimate of drug-likeness (QED) is 0.0994. The summed E-state index contributed by atoms with van der Waals surface area (Å²) in [5, 5.41) is 11.6. The molecular formula is C42H47N11O8. The summed E-state index contributed by atoms with van der Waals surface area (Å²) >= 11 is 0. The van der Waals surface area contributed by atoms with E-state index in [4.69, 9.17) is 4.74 Å². The number of piperidine rings is 2. The van der Waals surface area contributed by atoms with Gasteiger partial charge in [0.25, 0.3) is 23.6 Å². The van der Waals surface area contributed by atoms with E-state index in [0.29, 0.717) is 55.9 Å². The Morgan fingerprint density at radius 1 is 0.902 bits per heavy atom. The van der Waals surface area contributed by atoms with Crippen molar-refractivity contribution in [1.82, 2.24) is 50.3 Å². The number of rotatable bonds is 15. The Hall–Kier alpha value is -6.79. The first-order chi connectivity index (χ1) is 29.5. The molecule has 6 heterocycles. The van der Waals surface area contributed by atoms with Gasteiger partial charge < -0.3 is 30.2 Å². The van der Waals surface area contributed by atoms with E-state index in [0.717, 1.165) is 48.3 Å². The van der Waals surface area contributed by atoms with Gasteiger partial charge >= 0.3 is 0 Å². The molecule has 4 N–H and O–H groups in total. The van der Waals surface area contributed by atoms with Crippen molar-refractivity contribution in [2.45, 2.75) is 95.3 Å². The Labute approximate surface area is 350 Å². The molecule has 1 aromatic carbocycles. The number of fused-ring (bicyclic) bond motifs is 2. The number of nitrogens with zero attached hydrogens (tertiary/aromatic N) is 7. The van der Waals surface area contributed by atoms with E-state index in [1.54, 1.807) is 12.4 Å². The van der Waals surface area contributed by atoms with Crippen LogP contribution in [0.3, 0.4) is 0 Å². The monoisotopic (exact) mass is 833 g/mol. The van der Waals surface area contributed by atoms with Crippen LogP contribution in [-0.4, -0.2) is 120 Å². The van der Waals surface area contributed by atoms with E-state index >= 15 is 0 Å². The van der Waals surface area contributed by atoms with Crippen LogP contribution in [0.2, 0.25) is 0 Å². The van der Waals surface area contributed by atoms with Crippen LogP contribution >= 0.6 is 0 Å². The Kier molecular flexibility index (Phi) is 12.0. The first-order valence-electron chi connectivity index (χ1n) is 20.7. The molecule has 3 fully saturated rings. The van der Waals surface area contributed by atoms with Gasteiger partial charge in [0.05, 0.1) is 17.5 Å². The number of aryl methyl sites for hydroxylation is 1. The molecule has 19 heteroatoms. The number of carbonyl (C=O) groups is 7. The number of hydrogen-bond donors (Lipinski definition) is 4. The highest BCUT2D eigenvalue weighted by molar-refractivity contribution is 6.23. The number of carbonyl (C=O) groups excluding carboxylic acids is 7. The van der Waals surface area contributed by atoms with Gasteiger partial charge in [-0.15, -0.1) is 0 Å². The topological polar surface area (TPSA) is 240 Å². The number of benzene rings is 1. The number of amides is 7. The van der Waals surface area contributed by atoms with E-state index in [1.807, 2.05) is 24.0 Å². The third-order valence-electron chi connectivity index (χ3n) is 11.7. The average molecular weight is 834 g/mol. The number of aromatic nitrogens is 5. The van der Waals surface area contributed by atoms with Crippen LogP contribution in [0.4, 0.5) is 5.82 Å². The number of imide groups is 2. The van der Waals surface area contributed by atoms with Gasteiger partial charge in [-0.1, -0.05) is 12.5 Å². The van der Waals surface area contributed by atoms with E-state index < -0.39 is 29.7 Å². The molecule has 19 nitrogen and oxygen atoms in total. The molecule has 1 atom stereocenters. The van der Waals surface area contributed by atoms with Crippen molar-refractivity contribution >= 4 is 58.3 Å². The highest BCUT2D eigenvalue weighted by atomic mass is 16.5. The van der Waals surface area contributed by atoms with E-state index in [1.165, 1.54) is 24.5 Å². The Morgan fingerprint density at radius 2 is 1.70 bits per heavy atom. The van der Waals surface area contributed by atoms with Crippen molar-refractivity contribution in [1.29, 1.82) is 0 Å². The number of ether oxygens (including phenoxy) is 1. The third-order valence-corrected chi connectivity index (χ3v) is 11.7. The Balaban J connectivity index is 0.702. The molecule has 0 spiro atoms. The summed E-state index contributed by atoms with van der Waals surface area (Å²) < 4.78 is 7.63. The van der Waals surface area contributed by atoms with Gasteiger partial charge in [0, 0.05) is 56.3 Å². The summed E-state index contributed by atoms with van der Waals surface area (Å²) in [5.41, 5.74) is 2.84. The van der Waals surface area contributed by atoms with Crippen LogP contribution in [0.5, 0.6) is 5.75 Å². The zero-order valence-electron chi connectivity index (χ0n) is 33.7. The highest BCUT2D eigenvalue weighted by Crippen LogP contribution is 2.35. The van der Waals surface area contributed by atoms with E-state index in [9.17, 15) is 33.6 Å². The predicted molar refractivity (Wildman–Crippen MR) is 217 cm³/mol. The number of hydrogen-bond acceptors (Lipinski definition) is 13. The second-order valence-corrected chi connectivity index (χ2v) is 15.9. The van der Waals surface area contributed by atoms with Crippen molar-refractivity contribution in [3.05, 3.63) is 71.6 Å².